The van der Waals surface area contributed by atoms with E-state index in [2.05, 4.69) is 97.8 Å². The molecule has 0 unspecified atom stereocenters. The molecule has 6 aliphatic rings. The summed E-state index contributed by atoms with van der Waals surface area (Å²) in [7, 11) is 3.07. The van der Waals surface area contributed by atoms with Gasteiger partial charge in [0.2, 0.25) is 11.9 Å². The summed E-state index contributed by atoms with van der Waals surface area (Å²) in [6.07, 6.45) is 13.6. The summed E-state index contributed by atoms with van der Waals surface area (Å²) in [5.41, 5.74) is 2.01. The minimum atomic E-state index is -1.11. The van der Waals surface area contributed by atoms with Crippen molar-refractivity contribution < 1.29 is 56.4 Å². The summed E-state index contributed by atoms with van der Waals surface area (Å²) in [4.78, 5) is 90.6. The van der Waals surface area contributed by atoms with Gasteiger partial charge in [-0.25, -0.2) is 38.3 Å². The second-order valence-electron chi connectivity index (χ2n) is 30.7. The van der Waals surface area contributed by atoms with Gasteiger partial charge in [-0.1, -0.05) is 0 Å². The minimum Gasteiger partial charge on any atom is -0.444 e. The van der Waals surface area contributed by atoms with E-state index < -0.39 is 35.8 Å². The van der Waals surface area contributed by atoms with Crippen LogP contribution in [0.4, 0.5) is 53.5 Å². The number of amides is 4. The van der Waals surface area contributed by atoms with Crippen molar-refractivity contribution >= 4 is 81.0 Å². The van der Waals surface area contributed by atoms with Crippen LogP contribution in [0.5, 0.6) is 0 Å². The number of nitrogens with one attached hydrogen (secondary N) is 4. The summed E-state index contributed by atoms with van der Waals surface area (Å²) in [5, 5.41) is 14.7. The number of carbonyl (C=O) groups excluding carboxylic acids is 4. The Hall–Kier alpha value is -8.16. The van der Waals surface area contributed by atoms with E-state index in [-0.39, 0.29) is 73.5 Å². The van der Waals surface area contributed by atoms with Gasteiger partial charge in [-0.15, -0.1) is 0 Å². The monoisotopic (exact) mass is 1450 g/mol. The normalized spacial score (nSPS) is 20.7. The number of methoxy groups -OCH3 is 2. The lowest BCUT2D eigenvalue weighted by Crippen LogP contribution is -2.56. The molecule has 0 radical (unpaired) electrons. The second kappa shape index (κ2) is 34.4. The van der Waals surface area contributed by atoms with Crippen LogP contribution in [0.25, 0.3) is 21.8 Å². The lowest BCUT2D eigenvalue weighted by Gasteiger charge is -2.39. The lowest BCUT2D eigenvalue weighted by molar-refractivity contribution is -0.0646. The van der Waals surface area contributed by atoms with Crippen molar-refractivity contribution in [1.29, 1.82) is 0 Å². The lowest BCUT2D eigenvalue weighted by atomic mass is 10.0. The van der Waals surface area contributed by atoms with Crippen molar-refractivity contribution in [1.82, 2.24) is 69.3 Å². The number of alkyl halides is 2. The van der Waals surface area contributed by atoms with Crippen LogP contribution in [0.1, 0.15) is 153 Å². The SMILES string of the molecule is CO[C@@H]1CCN(c2nccc(Nc3cc4c(cn3)c(C(=O)NC3CCN(CCCOC5CN(C(=O)OC(C)(C)C)C5)CC3)cn4C(C)C)n2)C[C@@H]1F.CO[C@H]1CCN(c2nccc(Nc3cc4c(cn3)c(C(=O)NC3CCN(CCCOC5CN(C(=O)OC(C)(C)C)C5)CC3)cn4C(C)C)n2)C[C@H]1F. The molecule has 6 aromatic heterocycles. The standard InChI is InChI=1S/2C37H54FN9O5/c2*1-24(2)47-22-28(27-19-40-33(18-30(27)47)42-32-8-12-39-35(43-32)45-16-11-31(50-6)29(38)23-45)34(48)41-25-9-14-44(15-10-25)13-7-17-51-26-20-46(21-26)36(49)52-37(3,4)5/h2*8,12,18-19,22,24-26,29,31H,7,9-11,13-17,20-21,23H2,1-6H3,(H,41,48)(H,39,40,42,43)/t2*29-,31+/m10/s1. The Bertz CT molecular complexity index is 3610. The van der Waals surface area contributed by atoms with E-state index in [0.717, 1.165) is 99.6 Å². The van der Waals surface area contributed by atoms with E-state index in [1.165, 1.54) is 14.2 Å². The fourth-order valence-electron chi connectivity index (χ4n) is 13.9. The first kappa shape index (κ1) is 77.0. The molecule has 0 saturated carbocycles. The number of halogens is 2. The molecule has 0 aromatic carbocycles. The fourth-order valence-corrected chi connectivity index (χ4v) is 13.9. The number of hydrogen-bond acceptors (Lipinski definition) is 22. The Kier molecular flexibility index (Phi) is 25.4. The van der Waals surface area contributed by atoms with Crippen molar-refractivity contribution in [3.63, 3.8) is 0 Å². The molecule has 6 saturated heterocycles. The number of anilines is 6. The van der Waals surface area contributed by atoms with Gasteiger partial charge in [0.15, 0.2) is 0 Å². The number of aromatic nitrogens is 8. The maximum atomic E-state index is 14.5. The maximum Gasteiger partial charge on any atom is 0.410 e. The topological polar surface area (TPSA) is 278 Å². The third kappa shape index (κ3) is 20.3. The van der Waals surface area contributed by atoms with Crippen molar-refractivity contribution in [2.24, 2.45) is 0 Å². The smallest absolute Gasteiger partial charge is 0.410 e. The van der Waals surface area contributed by atoms with E-state index in [1.54, 1.807) is 46.7 Å². The molecule has 12 heterocycles. The summed E-state index contributed by atoms with van der Waals surface area (Å²) in [6.45, 7) is 30.3. The predicted molar refractivity (Wildman–Crippen MR) is 394 cm³/mol. The van der Waals surface area contributed by atoms with E-state index >= 15 is 0 Å². The summed E-state index contributed by atoms with van der Waals surface area (Å²) >= 11 is 0. The number of rotatable bonds is 24. The van der Waals surface area contributed by atoms with Crippen LogP contribution in [0.2, 0.25) is 0 Å². The zero-order valence-corrected chi connectivity index (χ0v) is 62.6. The van der Waals surface area contributed by atoms with Crippen LogP contribution < -0.4 is 31.1 Å². The molecular weight excluding hydrogens is 1340 g/mol. The van der Waals surface area contributed by atoms with E-state index in [1.807, 2.05) is 75.9 Å². The molecule has 30 heteroatoms. The Balaban J connectivity index is 0.000000208. The van der Waals surface area contributed by atoms with Gasteiger partial charge in [0.1, 0.15) is 46.8 Å². The zero-order chi connectivity index (χ0) is 74.0. The quantitative estimate of drug-likeness (QED) is 0.0410. The first-order valence-electron chi connectivity index (χ1n) is 37.0. The van der Waals surface area contributed by atoms with Gasteiger partial charge in [0, 0.05) is 164 Å². The van der Waals surface area contributed by atoms with E-state index in [9.17, 15) is 28.0 Å². The van der Waals surface area contributed by atoms with Gasteiger partial charge >= 0.3 is 12.2 Å². The number of carbonyl (C=O) groups is 4. The highest BCUT2D eigenvalue weighted by Crippen LogP contribution is 2.32. The molecule has 6 fully saturated rings. The molecule has 28 nitrogen and oxygen atoms in total. The third-order valence-electron chi connectivity index (χ3n) is 19.8. The minimum absolute atomic E-state index is 0.0717. The first-order chi connectivity index (χ1) is 49.7. The van der Waals surface area contributed by atoms with Crippen LogP contribution in [-0.2, 0) is 28.4 Å². The second-order valence-corrected chi connectivity index (χ2v) is 30.7. The van der Waals surface area contributed by atoms with Crippen molar-refractivity contribution in [3.8, 4) is 0 Å². The number of ether oxygens (including phenoxy) is 6. The zero-order valence-electron chi connectivity index (χ0n) is 62.6. The number of hydrogen-bond donors (Lipinski definition) is 4. The van der Waals surface area contributed by atoms with Crippen LogP contribution in [0, 0.1) is 0 Å². The Morgan fingerprint density at radius 2 is 0.913 bits per heavy atom. The molecule has 104 heavy (non-hydrogen) atoms. The Morgan fingerprint density at radius 1 is 0.529 bits per heavy atom. The molecule has 568 valence electrons. The number of pyridine rings is 2. The third-order valence-corrected chi connectivity index (χ3v) is 19.8. The summed E-state index contributed by atoms with van der Waals surface area (Å²) in [5.74, 6) is 2.97. The van der Waals surface area contributed by atoms with Gasteiger partial charge in [-0.3, -0.25) is 9.59 Å². The first-order valence-corrected chi connectivity index (χ1v) is 37.0. The highest BCUT2D eigenvalue weighted by molar-refractivity contribution is 6.08. The Labute approximate surface area is 608 Å². The molecule has 4 atom stereocenters. The maximum absolute atomic E-state index is 14.5. The molecule has 4 N–H and O–H groups in total. The van der Waals surface area contributed by atoms with Gasteiger partial charge in [0.25, 0.3) is 11.8 Å². The van der Waals surface area contributed by atoms with Gasteiger partial charge in [-0.2, -0.15) is 9.97 Å². The highest BCUT2D eigenvalue weighted by Gasteiger charge is 2.37. The largest absolute Gasteiger partial charge is 0.444 e. The molecule has 4 amide bonds. The van der Waals surface area contributed by atoms with E-state index in [0.29, 0.717) is 112 Å². The van der Waals surface area contributed by atoms with E-state index in [4.69, 9.17) is 28.4 Å². The molecule has 0 aliphatic carbocycles. The summed E-state index contributed by atoms with van der Waals surface area (Å²) < 4.78 is 66.5. The molecule has 0 spiro atoms. The summed E-state index contributed by atoms with van der Waals surface area (Å²) in [6, 6.07) is 7.80. The average Bonchev–Trinajstić information content (AvgIpc) is 1.63. The predicted octanol–water partition coefficient (Wildman–Crippen LogP) is 9.87. The molecular formula is C74H108F2N18O10. The number of fused-ring (bicyclic) bond motifs is 2. The van der Waals surface area contributed by atoms with Gasteiger partial charge in [-0.05, 0) is 133 Å². The fraction of sp³-hybridized carbons (Fsp3) is 0.649. The average molecular weight is 1450 g/mol. The van der Waals surface area contributed by atoms with Crippen LogP contribution in [0.3, 0.4) is 0 Å². The molecule has 6 aliphatic heterocycles. The highest BCUT2D eigenvalue weighted by atomic mass is 19.1. The number of nitrogens with zero attached hydrogens (tertiary/aromatic N) is 14. The van der Waals surface area contributed by atoms with Crippen molar-refractivity contribution in [2.75, 3.05) is 139 Å². The van der Waals surface area contributed by atoms with Crippen molar-refractivity contribution in [2.45, 2.75) is 193 Å². The molecule has 0 bridgehead atoms. The van der Waals surface area contributed by atoms with Crippen LogP contribution in [0.15, 0.2) is 61.4 Å². The van der Waals surface area contributed by atoms with Crippen molar-refractivity contribution in [3.05, 3.63) is 72.6 Å². The Morgan fingerprint density at radius 3 is 1.26 bits per heavy atom. The number of piperidine rings is 4. The van der Waals surface area contributed by atoms with Gasteiger partial charge in [0.05, 0.1) is 85.8 Å². The van der Waals surface area contributed by atoms with Crippen LogP contribution in [-0.4, -0.2) is 262 Å². The van der Waals surface area contributed by atoms with Crippen LogP contribution >= 0.6 is 0 Å². The molecule has 6 aromatic rings. The van der Waals surface area contributed by atoms with Gasteiger partial charge < -0.3 is 88.2 Å². The molecule has 12 rings (SSSR count). The number of likely N-dealkylation sites (tertiary alicyclic amines) is 4.